The second-order valence-corrected chi connectivity index (χ2v) is 6.95. The quantitative estimate of drug-likeness (QED) is 0.690. The minimum Gasteiger partial charge on any atom is -0.374 e. The van der Waals surface area contributed by atoms with Gasteiger partial charge in [-0.25, -0.2) is 0 Å². The minimum absolute atomic E-state index is 0.00612. The van der Waals surface area contributed by atoms with E-state index in [1.165, 1.54) is 0 Å². The molecule has 3 N–H and O–H groups in total. The molecule has 0 aliphatic carbocycles. The van der Waals surface area contributed by atoms with Crippen LogP contribution < -0.4 is 16.0 Å². The molecule has 0 heterocycles. The molecule has 2 aromatic rings. The predicted molar refractivity (Wildman–Crippen MR) is 107 cm³/mol. The molecule has 5 nitrogen and oxygen atoms in total. The van der Waals surface area contributed by atoms with Crippen molar-refractivity contribution in [3.05, 3.63) is 54.1 Å². The van der Waals surface area contributed by atoms with E-state index < -0.39 is 6.04 Å². The molecular weight excluding hydrogens is 326 g/mol. The highest BCUT2D eigenvalue weighted by Crippen LogP contribution is 2.16. The summed E-state index contributed by atoms with van der Waals surface area (Å²) in [5, 5.41) is 8.93. The molecule has 0 saturated heterocycles. The summed E-state index contributed by atoms with van der Waals surface area (Å²) in [4.78, 5) is 24.1. The van der Waals surface area contributed by atoms with Crippen molar-refractivity contribution in [1.29, 1.82) is 0 Å². The van der Waals surface area contributed by atoms with Crippen molar-refractivity contribution in [2.45, 2.75) is 40.2 Å². The van der Waals surface area contributed by atoms with Gasteiger partial charge in [-0.1, -0.05) is 26.0 Å². The SMILES string of the molecule is Cc1cccc(NC(=O)C(C)Nc2ccc(NC(=O)CC(C)C)cc2)c1. The zero-order chi connectivity index (χ0) is 19.1. The molecule has 0 spiro atoms. The van der Waals surface area contributed by atoms with E-state index in [0.29, 0.717) is 12.3 Å². The number of hydrogen-bond acceptors (Lipinski definition) is 3. The molecular formula is C21H27N3O2. The lowest BCUT2D eigenvalue weighted by Gasteiger charge is -2.16. The van der Waals surface area contributed by atoms with Crippen LogP contribution in [0.3, 0.4) is 0 Å². The van der Waals surface area contributed by atoms with E-state index in [1.807, 2.05) is 76.2 Å². The maximum atomic E-state index is 12.3. The Hall–Kier alpha value is -2.82. The summed E-state index contributed by atoms with van der Waals surface area (Å²) in [5.41, 5.74) is 3.45. The predicted octanol–water partition coefficient (Wildman–Crippen LogP) is 4.42. The lowest BCUT2D eigenvalue weighted by molar-refractivity contribution is -0.117. The number of nitrogens with one attached hydrogen (secondary N) is 3. The van der Waals surface area contributed by atoms with Crippen LogP contribution in [0.25, 0.3) is 0 Å². The summed E-state index contributed by atoms with van der Waals surface area (Å²) >= 11 is 0. The van der Waals surface area contributed by atoms with Gasteiger partial charge < -0.3 is 16.0 Å². The van der Waals surface area contributed by atoms with Crippen molar-refractivity contribution < 1.29 is 9.59 Å². The molecule has 26 heavy (non-hydrogen) atoms. The first-order chi connectivity index (χ1) is 12.3. The summed E-state index contributed by atoms with van der Waals surface area (Å²) in [6, 6.07) is 14.6. The first kappa shape index (κ1) is 19.5. The molecule has 1 unspecified atom stereocenters. The highest BCUT2D eigenvalue weighted by molar-refractivity contribution is 5.96. The number of aryl methyl sites for hydroxylation is 1. The third kappa shape index (κ3) is 6.24. The summed E-state index contributed by atoms with van der Waals surface area (Å²) in [6.07, 6.45) is 0.496. The van der Waals surface area contributed by atoms with Crippen LogP contribution in [0.2, 0.25) is 0 Å². The number of hydrogen-bond donors (Lipinski definition) is 3. The van der Waals surface area contributed by atoms with Crippen LogP contribution in [-0.2, 0) is 9.59 Å². The largest absolute Gasteiger partial charge is 0.374 e. The molecule has 0 aromatic heterocycles. The number of anilines is 3. The van der Waals surface area contributed by atoms with Gasteiger partial charge in [-0.15, -0.1) is 0 Å². The van der Waals surface area contributed by atoms with Crippen molar-refractivity contribution in [3.63, 3.8) is 0 Å². The highest BCUT2D eigenvalue weighted by Gasteiger charge is 2.13. The Morgan fingerprint density at radius 3 is 2.15 bits per heavy atom. The van der Waals surface area contributed by atoms with Crippen LogP contribution >= 0.6 is 0 Å². The normalized spacial score (nSPS) is 11.7. The van der Waals surface area contributed by atoms with Gasteiger partial charge in [0, 0.05) is 23.5 Å². The van der Waals surface area contributed by atoms with E-state index in [-0.39, 0.29) is 11.8 Å². The van der Waals surface area contributed by atoms with E-state index in [2.05, 4.69) is 16.0 Å². The molecule has 0 aliphatic heterocycles. The van der Waals surface area contributed by atoms with Gasteiger partial charge >= 0.3 is 0 Å². The van der Waals surface area contributed by atoms with Crippen LogP contribution in [0.4, 0.5) is 17.1 Å². The molecule has 2 rings (SSSR count). The Bertz CT molecular complexity index is 754. The summed E-state index contributed by atoms with van der Waals surface area (Å²) in [6.45, 7) is 7.81. The van der Waals surface area contributed by atoms with E-state index in [9.17, 15) is 9.59 Å². The highest BCUT2D eigenvalue weighted by atomic mass is 16.2. The van der Waals surface area contributed by atoms with Gasteiger partial charge in [0.1, 0.15) is 6.04 Å². The van der Waals surface area contributed by atoms with Crippen LogP contribution in [0.5, 0.6) is 0 Å². The lowest BCUT2D eigenvalue weighted by atomic mass is 10.1. The Morgan fingerprint density at radius 1 is 0.885 bits per heavy atom. The van der Waals surface area contributed by atoms with Crippen molar-refractivity contribution in [1.82, 2.24) is 0 Å². The fourth-order valence-electron chi connectivity index (χ4n) is 2.52. The maximum absolute atomic E-state index is 12.3. The van der Waals surface area contributed by atoms with Crippen LogP contribution in [0.15, 0.2) is 48.5 Å². The number of rotatable bonds is 7. The van der Waals surface area contributed by atoms with Gasteiger partial charge in [0.25, 0.3) is 0 Å². The third-order valence-electron chi connectivity index (χ3n) is 3.82. The molecule has 2 amide bonds. The molecule has 0 saturated carbocycles. The van der Waals surface area contributed by atoms with Gasteiger partial charge in [0.15, 0.2) is 0 Å². The van der Waals surface area contributed by atoms with Crippen LogP contribution in [-0.4, -0.2) is 17.9 Å². The third-order valence-corrected chi connectivity index (χ3v) is 3.82. The maximum Gasteiger partial charge on any atom is 0.246 e. The molecule has 5 heteroatoms. The monoisotopic (exact) mass is 353 g/mol. The number of benzene rings is 2. The summed E-state index contributed by atoms with van der Waals surface area (Å²) in [7, 11) is 0. The lowest BCUT2D eigenvalue weighted by Crippen LogP contribution is -2.31. The molecule has 138 valence electrons. The van der Waals surface area contributed by atoms with Gasteiger partial charge in [0.05, 0.1) is 0 Å². The van der Waals surface area contributed by atoms with Gasteiger partial charge in [-0.2, -0.15) is 0 Å². The fourth-order valence-corrected chi connectivity index (χ4v) is 2.52. The first-order valence-electron chi connectivity index (χ1n) is 8.87. The van der Waals surface area contributed by atoms with Crippen LogP contribution in [0.1, 0.15) is 32.8 Å². The summed E-state index contributed by atoms with van der Waals surface area (Å²) < 4.78 is 0. The first-order valence-corrected chi connectivity index (χ1v) is 8.87. The average Bonchev–Trinajstić information content (AvgIpc) is 2.55. The number of carbonyl (C=O) groups excluding carboxylic acids is 2. The topological polar surface area (TPSA) is 70.2 Å². The minimum atomic E-state index is -0.392. The van der Waals surface area contributed by atoms with Crippen molar-refractivity contribution in [2.24, 2.45) is 5.92 Å². The smallest absolute Gasteiger partial charge is 0.246 e. The Labute approximate surface area is 155 Å². The zero-order valence-electron chi connectivity index (χ0n) is 15.8. The van der Waals surface area contributed by atoms with Crippen molar-refractivity contribution in [2.75, 3.05) is 16.0 Å². The molecule has 0 fully saturated rings. The molecule has 0 aliphatic rings. The summed E-state index contributed by atoms with van der Waals surface area (Å²) in [5.74, 6) is 0.222. The standard InChI is InChI=1S/C21H27N3O2/c1-14(2)12-20(25)23-18-10-8-17(9-11-18)22-16(4)21(26)24-19-7-5-6-15(3)13-19/h5-11,13-14,16,22H,12H2,1-4H3,(H,23,25)(H,24,26). The van der Waals surface area contributed by atoms with Crippen LogP contribution in [0, 0.1) is 12.8 Å². The number of amides is 2. The van der Waals surface area contributed by atoms with Crippen molar-refractivity contribution >= 4 is 28.9 Å². The van der Waals surface area contributed by atoms with Gasteiger partial charge in [0.2, 0.25) is 11.8 Å². The Balaban J connectivity index is 1.89. The fraction of sp³-hybridized carbons (Fsp3) is 0.333. The van der Waals surface area contributed by atoms with E-state index in [4.69, 9.17) is 0 Å². The van der Waals surface area contributed by atoms with E-state index in [1.54, 1.807) is 0 Å². The second kappa shape index (κ2) is 9.04. The molecule has 2 aromatic carbocycles. The van der Waals surface area contributed by atoms with E-state index >= 15 is 0 Å². The molecule has 0 bridgehead atoms. The Kier molecular flexibility index (Phi) is 6.78. The van der Waals surface area contributed by atoms with Gasteiger partial charge in [-0.3, -0.25) is 9.59 Å². The van der Waals surface area contributed by atoms with Crippen molar-refractivity contribution in [3.8, 4) is 0 Å². The molecule has 0 radical (unpaired) electrons. The van der Waals surface area contributed by atoms with E-state index in [0.717, 1.165) is 22.6 Å². The van der Waals surface area contributed by atoms with Gasteiger partial charge in [-0.05, 0) is 61.7 Å². The number of carbonyl (C=O) groups is 2. The Morgan fingerprint density at radius 2 is 1.54 bits per heavy atom. The molecule has 1 atom stereocenters. The second-order valence-electron chi connectivity index (χ2n) is 6.95. The average molecular weight is 353 g/mol. The zero-order valence-corrected chi connectivity index (χ0v) is 15.8.